The van der Waals surface area contributed by atoms with Crippen molar-refractivity contribution in [3.05, 3.63) is 23.8 Å². The van der Waals surface area contributed by atoms with Crippen molar-refractivity contribution in [3.63, 3.8) is 0 Å². The Bertz CT molecular complexity index is 310. The molecule has 16 heavy (non-hydrogen) atoms. The molecule has 90 valence electrons. The smallest absolute Gasteiger partial charge is 0.119 e. The third-order valence-corrected chi connectivity index (χ3v) is 2.07. The van der Waals surface area contributed by atoms with E-state index in [0.29, 0.717) is 13.2 Å². The summed E-state index contributed by atoms with van der Waals surface area (Å²) in [6.07, 6.45) is 0. The van der Waals surface area contributed by atoms with Crippen molar-refractivity contribution in [1.29, 1.82) is 0 Å². The zero-order chi connectivity index (χ0) is 12.0. The molecular formula is C11H17NO4. The molecule has 0 aromatic heterocycles. The van der Waals surface area contributed by atoms with Crippen LogP contribution in [0.2, 0.25) is 0 Å². The summed E-state index contributed by atoms with van der Waals surface area (Å²) in [6.45, 7) is 2.80. The first kappa shape index (κ1) is 12.8. The first-order valence-corrected chi connectivity index (χ1v) is 5.02. The highest BCUT2D eigenvalue weighted by Gasteiger charge is 2.07. The fourth-order valence-electron chi connectivity index (χ4n) is 1.25. The van der Waals surface area contributed by atoms with Crippen molar-refractivity contribution in [2.75, 3.05) is 20.3 Å². The second kappa shape index (κ2) is 6.32. The van der Waals surface area contributed by atoms with Crippen LogP contribution in [0.3, 0.4) is 0 Å². The highest BCUT2D eigenvalue weighted by Crippen LogP contribution is 2.24. The zero-order valence-corrected chi connectivity index (χ0v) is 9.43. The standard InChI is InChI=1S/C11H17NO4/c1-8(12-16-4-3-15-2)9-5-10(13)7-11(14)6-9/h5-8,12-14H,3-4H2,1-2H3. The lowest BCUT2D eigenvalue weighted by Gasteiger charge is -2.14. The third-order valence-electron chi connectivity index (χ3n) is 2.07. The van der Waals surface area contributed by atoms with Gasteiger partial charge in [0.2, 0.25) is 0 Å². The number of nitrogens with one attached hydrogen (secondary N) is 1. The SMILES string of the molecule is COCCONC(C)c1cc(O)cc(O)c1. The Morgan fingerprint density at radius 2 is 1.81 bits per heavy atom. The van der Waals surface area contributed by atoms with E-state index in [0.717, 1.165) is 5.56 Å². The van der Waals surface area contributed by atoms with Crippen LogP contribution in [0.5, 0.6) is 11.5 Å². The number of phenols is 2. The molecule has 5 heteroatoms. The highest BCUT2D eigenvalue weighted by atomic mass is 16.7. The van der Waals surface area contributed by atoms with E-state index in [1.54, 1.807) is 19.2 Å². The Balaban J connectivity index is 2.48. The second-order valence-electron chi connectivity index (χ2n) is 3.46. The van der Waals surface area contributed by atoms with Crippen LogP contribution in [-0.4, -0.2) is 30.5 Å². The number of methoxy groups -OCH3 is 1. The van der Waals surface area contributed by atoms with Gasteiger partial charge in [0.1, 0.15) is 11.5 Å². The lowest BCUT2D eigenvalue weighted by molar-refractivity contribution is -0.00929. The molecule has 0 aliphatic heterocycles. The number of phenolic OH excluding ortho intramolecular Hbond substituents is 2. The van der Waals surface area contributed by atoms with Gasteiger partial charge in [0.15, 0.2) is 0 Å². The molecule has 1 aromatic carbocycles. The quantitative estimate of drug-likeness (QED) is 0.505. The van der Waals surface area contributed by atoms with E-state index in [2.05, 4.69) is 5.48 Å². The Kier molecular flexibility index (Phi) is 5.04. The molecule has 0 saturated carbocycles. The Labute approximate surface area is 94.6 Å². The largest absolute Gasteiger partial charge is 0.508 e. The molecule has 0 aliphatic rings. The minimum Gasteiger partial charge on any atom is -0.508 e. The van der Waals surface area contributed by atoms with E-state index >= 15 is 0 Å². The maximum absolute atomic E-state index is 9.30. The normalized spacial score (nSPS) is 12.6. The molecule has 1 aromatic rings. The molecule has 0 saturated heterocycles. The molecule has 1 rings (SSSR count). The van der Waals surface area contributed by atoms with Crippen molar-refractivity contribution in [2.24, 2.45) is 0 Å². The molecular weight excluding hydrogens is 210 g/mol. The van der Waals surface area contributed by atoms with Crippen LogP contribution in [0.1, 0.15) is 18.5 Å². The van der Waals surface area contributed by atoms with Crippen molar-refractivity contribution >= 4 is 0 Å². The molecule has 0 heterocycles. The lowest BCUT2D eigenvalue weighted by Crippen LogP contribution is -2.21. The predicted molar refractivity (Wildman–Crippen MR) is 59.2 cm³/mol. The summed E-state index contributed by atoms with van der Waals surface area (Å²) in [5, 5.41) is 18.6. The second-order valence-corrected chi connectivity index (χ2v) is 3.46. The summed E-state index contributed by atoms with van der Waals surface area (Å²) in [5.74, 6) is 0.0566. The maximum atomic E-state index is 9.30. The summed E-state index contributed by atoms with van der Waals surface area (Å²) in [6, 6.07) is 4.28. The Morgan fingerprint density at radius 3 is 2.38 bits per heavy atom. The number of hydrogen-bond acceptors (Lipinski definition) is 5. The fraction of sp³-hybridized carbons (Fsp3) is 0.455. The molecule has 0 bridgehead atoms. The molecule has 0 spiro atoms. The number of aromatic hydroxyl groups is 2. The van der Waals surface area contributed by atoms with Crippen molar-refractivity contribution in [3.8, 4) is 11.5 Å². The molecule has 0 amide bonds. The van der Waals surface area contributed by atoms with Gasteiger partial charge in [-0.15, -0.1) is 0 Å². The fourth-order valence-corrected chi connectivity index (χ4v) is 1.25. The van der Waals surface area contributed by atoms with E-state index in [-0.39, 0.29) is 17.5 Å². The van der Waals surface area contributed by atoms with Crippen LogP contribution in [-0.2, 0) is 9.57 Å². The van der Waals surface area contributed by atoms with Gasteiger partial charge in [-0.25, -0.2) is 0 Å². The Morgan fingerprint density at radius 1 is 1.19 bits per heavy atom. The van der Waals surface area contributed by atoms with Crippen LogP contribution in [0.15, 0.2) is 18.2 Å². The van der Waals surface area contributed by atoms with Crippen LogP contribution in [0.4, 0.5) is 0 Å². The minimum absolute atomic E-state index is 0.0283. The molecule has 0 fully saturated rings. The van der Waals surface area contributed by atoms with Gasteiger partial charge >= 0.3 is 0 Å². The lowest BCUT2D eigenvalue weighted by atomic mass is 10.1. The van der Waals surface area contributed by atoms with Gasteiger partial charge in [-0.05, 0) is 24.6 Å². The zero-order valence-electron chi connectivity index (χ0n) is 9.43. The van der Waals surface area contributed by atoms with Gasteiger partial charge in [-0.1, -0.05) is 0 Å². The summed E-state index contributed by atoms with van der Waals surface area (Å²) in [7, 11) is 1.60. The predicted octanol–water partition coefficient (Wildman–Crippen LogP) is 1.33. The third kappa shape index (κ3) is 4.06. The van der Waals surface area contributed by atoms with E-state index in [9.17, 15) is 10.2 Å². The van der Waals surface area contributed by atoms with Crippen LogP contribution in [0, 0.1) is 0 Å². The van der Waals surface area contributed by atoms with Gasteiger partial charge in [0, 0.05) is 13.2 Å². The average Bonchev–Trinajstić information content (AvgIpc) is 2.22. The first-order valence-electron chi connectivity index (χ1n) is 5.02. The molecule has 0 radical (unpaired) electrons. The summed E-state index contributed by atoms with van der Waals surface area (Å²) < 4.78 is 4.82. The van der Waals surface area contributed by atoms with Crippen LogP contribution in [0.25, 0.3) is 0 Å². The molecule has 1 atom stereocenters. The molecule has 1 unspecified atom stereocenters. The van der Waals surface area contributed by atoms with Gasteiger partial charge in [0.25, 0.3) is 0 Å². The number of rotatable bonds is 6. The summed E-state index contributed by atoms with van der Waals surface area (Å²) in [5.41, 5.74) is 3.53. The minimum atomic E-state index is -0.130. The van der Waals surface area contributed by atoms with E-state index in [4.69, 9.17) is 9.57 Å². The molecule has 5 nitrogen and oxygen atoms in total. The van der Waals surface area contributed by atoms with E-state index in [1.165, 1.54) is 6.07 Å². The van der Waals surface area contributed by atoms with E-state index in [1.807, 2.05) is 6.92 Å². The van der Waals surface area contributed by atoms with Crippen molar-refractivity contribution < 1.29 is 19.8 Å². The summed E-state index contributed by atoms with van der Waals surface area (Å²) >= 11 is 0. The van der Waals surface area contributed by atoms with Crippen LogP contribution >= 0.6 is 0 Å². The number of ether oxygens (including phenoxy) is 1. The number of hydrogen-bond donors (Lipinski definition) is 3. The topological polar surface area (TPSA) is 71.0 Å². The van der Waals surface area contributed by atoms with Gasteiger partial charge in [-0.2, -0.15) is 5.48 Å². The van der Waals surface area contributed by atoms with Gasteiger partial charge in [0.05, 0.1) is 19.3 Å². The highest BCUT2D eigenvalue weighted by molar-refractivity contribution is 5.37. The first-order chi connectivity index (χ1) is 7.63. The van der Waals surface area contributed by atoms with E-state index < -0.39 is 0 Å². The number of benzene rings is 1. The number of hydroxylamine groups is 1. The Hall–Kier alpha value is -1.30. The van der Waals surface area contributed by atoms with Crippen molar-refractivity contribution in [1.82, 2.24) is 5.48 Å². The van der Waals surface area contributed by atoms with Gasteiger partial charge < -0.3 is 14.9 Å². The van der Waals surface area contributed by atoms with Crippen molar-refractivity contribution in [2.45, 2.75) is 13.0 Å². The monoisotopic (exact) mass is 227 g/mol. The maximum Gasteiger partial charge on any atom is 0.119 e. The molecule has 0 aliphatic carbocycles. The van der Waals surface area contributed by atoms with Crippen LogP contribution < -0.4 is 5.48 Å². The average molecular weight is 227 g/mol. The van der Waals surface area contributed by atoms with Gasteiger partial charge in [-0.3, -0.25) is 4.84 Å². The summed E-state index contributed by atoms with van der Waals surface area (Å²) in [4.78, 5) is 5.13. The molecule has 3 N–H and O–H groups in total.